The molecular formula is C11H13N3O. The van der Waals surface area contributed by atoms with Gasteiger partial charge in [-0.25, -0.2) is 0 Å². The Hall–Kier alpha value is -2.02. The van der Waals surface area contributed by atoms with Crippen molar-refractivity contribution in [2.75, 3.05) is 13.7 Å². The standard InChI is InChI=1S/C11H13N3O/c1-15-11-5-3-10(4-6-11)9-14-13-8-2-7-12/h3-6,9,13H,2,8H2,1H3/b14-9-. The van der Waals surface area contributed by atoms with Crippen LogP contribution in [0.15, 0.2) is 29.4 Å². The Kier molecular flexibility index (Phi) is 4.74. The van der Waals surface area contributed by atoms with Crippen molar-refractivity contribution in [3.63, 3.8) is 0 Å². The maximum Gasteiger partial charge on any atom is 0.118 e. The van der Waals surface area contributed by atoms with Gasteiger partial charge >= 0.3 is 0 Å². The summed E-state index contributed by atoms with van der Waals surface area (Å²) in [6.45, 7) is 0.573. The van der Waals surface area contributed by atoms with Crippen LogP contribution >= 0.6 is 0 Å². The molecule has 0 fully saturated rings. The van der Waals surface area contributed by atoms with E-state index in [1.54, 1.807) is 13.3 Å². The largest absolute Gasteiger partial charge is 0.497 e. The molecule has 0 bridgehead atoms. The van der Waals surface area contributed by atoms with Gasteiger partial charge in [0, 0.05) is 6.54 Å². The van der Waals surface area contributed by atoms with Crippen molar-refractivity contribution in [1.29, 1.82) is 5.26 Å². The Balaban J connectivity index is 2.40. The number of benzene rings is 1. The first-order valence-electron chi connectivity index (χ1n) is 4.63. The van der Waals surface area contributed by atoms with E-state index in [9.17, 15) is 0 Å². The molecule has 0 saturated carbocycles. The lowest BCUT2D eigenvalue weighted by Crippen LogP contribution is -2.06. The van der Waals surface area contributed by atoms with Gasteiger partial charge in [0.25, 0.3) is 0 Å². The van der Waals surface area contributed by atoms with Gasteiger partial charge in [0.05, 0.1) is 25.8 Å². The van der Waals surface area contributed by atoms with Gasteiger partial charge in [0.2, 0.25) is 0 Å². The molecule has 0 aliphatic carbocycles. The van der Waals surface area contributed by atoms with Crippen molar-refractivity contribution >= 4 is 6.21 Å². The zero-order valence-corrected chi connectivity index (χ0v) is 8.60. The molecule has 15 heavy (non-hydrogen) atoms. The lowest BCUT2D eigenvalue weighted by molar-refractivity contribution is 0.415. The van der Waals surface area contributed by atoms with Gasteiger partial charge in [-0.15, -0.1) is 0 Å². The highest BCUT2D eigenvalue weighted by Crippen LogP contribution is 2.09. The molecule has 1 N–H and O–H groups in total. The molecule has 1 rings (SSSR count). The summed E-state index contributed by atoms with van der Waals surface area (Å²) in [6, 6.07) is 9.59. The predicted molar refractivity (Wildman–Crippen MR) is 58.8 cm³/mol. The van der Waals surface area contributed by atoms with E-state index >= 15 is 0 Å². The minimum absolute atomic E-state index is 0.458. The van der Waals surface area contributed by atoms with E-state index in [-0.39, 0.29) is 0 Å². The van der Waals surface area contributed by atoms with Crippen molar-refractivity contribution in [1.82, 2.24) is 5.43 Å². The second-order valence-corrected chi connectivity index (χ2v) is 2.85. The molecule has 4 nitrogen and oxygen atoms in total. The van der Waals surface area contributed by atoms with Crippen LogP contribution in [0.25, 0.3) is 0 Å². The molecule has 0 aromatic heterocycles. The summed E-state index contributed by atoms with van der Waals surface area (Å²) in [5, 5.41) is 12.3. The van der Waals surface area contributed by atoms with Crippen LogP contribution in [0, 0.1) is 11.3 Å². The number of hydrazone groups is 1. The van der Waals surface area contributed by atoms with Gasteiger partial charge in [-0.2, -0.15) is 10.4 Å². The SMILES string of the molecule is COc1ccc(/C=N\NCCC#N)cc1. The molecule has 78 valence electrons. The molecule has 0 atom stereocenters. The van der Waals surface area contributed by atoms with Gasteiger partial charge in [-0.1, -0.05) is 0 Å². The van der Waals surface area contributed by atoms with Gasteiger partial charge in [0.1, 0.15) is 5.75 Å². The number of rotatable bonds is 5. The third kappa shape index (κ3) is 4.14. The average Bonchev–Trinajstić information content (AvgIpc) is 2.30. The highest BCUT2D eigenvalue weighted by molar-refractivity contribution is 5.79. The molecular weight excluding hydrogens is 190 g/mol. The van der Waals surface area contributed by atoms with Crippen molar-refractivity contribution < 1.29 is 4.74 Å². The quantitative estimate of drug-likeness (QED) is 0.448. The Morgan fingerprint density at radius 1 is 1.47 bits per heavy atom. The molecule has 1 aromatic carbocycles. The third-order valence-electron chi connectivity index (χ3n) is 1.77. The third-order valence-corrected chi connectivity index (χ3v) is 1.77. The van der Waals surface area contributed by atoms with E-state index in [0.717, 1.165) is 11.3 Å². The normalized spacial score (nSPS) is 9.87. The summed E-state index contributed by atoms with van der Waals surface area (Å²) in [6.07, 6.45) is 2.16. The molecule has 0 aliphatic heterocycles. The predicted octanol–water partition coefficient (Wildman–Crippen LogP) is 1.53. The van der Waals surface area contributed by atoms with Crippen molar-refractivity contribution in [3.05, 3.63) is 29.8 Å². The zero-order valence-electron chi connectivity index (χ0n) is 8.60. The van der Waals surface area contributed by atoms with Crippen LogP contribution in [0.1, 0.15) is 12.0 Å². The molecule has 0 heterocycles. The van der Waals surface area contributed by atoms with Crippen LogP contribution in [-0.2, 0) is 0 Å². The van der Waals surface area contributed by atoms with Gasteiger partial charge < -0.3 is 10.2 Å². The smallest absolute Gasteiger partial charge is 0.118 e. The fourth-order valence-electron chi connectivity index (χ4n) is 0.987. The number of nitriles is 1. The van der Waals surface area contributed by atoms with E-state index in [2.05, 4.69) is 10.5 Å². The maximum absolute atomic E-state index is 8.28. The number of nitrogens with zero attached hydrogens (tertiary/aromatic N) is 2. The van der Waals surface area contributed by atoms with Crippen molar-refractivity contribution in [2.45, 2.75) is 6.42 Å². The van der Waals surface area contributed by atoms with Crippen molar-refractivity contribution in [2.24, 2.45) is 5.10 Å². The molecule has 1 aromatic rings. The molecule has 0 spiro atoms. The van der Waals surface area contributed by atoms with Crippen LogP contribution in [0.2, 0.25) is 0 Å². The summed E-state index contributed by atoms with van der Waals surface area (Å²) >= 11 is 0. The Morgan fingerprint density at radius 3 is 2.80 bits per heavy atom. The maximum atomic E-state index is 8.28. The van der Waals surface area contributed by atoms with Crippen LogP contribution in [0.4, 0.5) is 0 Å². The van der Waals surface area contributed by atoms with E-state index in [1.165, 1.54) is 0 Å². The van der Waals surface area contributed by atoms with Gasteiger partial charge in [-0.05, 0) is 29.8 Å². The monoisotopic (exact) mass is 203 g/mol. The first kappa shape index (κ1) is 11.1. The van der Waals surface area contributed by atoms with E-state index < -0.39 is 0 Å². The fourth-order valence-corrected chi connectivity index (χ4v) is 0.987. The first-order chi connectivity index (χ1) is 7.36. The summed E-state index contributed by atoms with van der Waals surface area (Å²) in [7, 11) is 1.63. The summed E-state index contributed by atoms with van der Waals surface area (Å²) in [5.41, 5.74) is 3.77. The van der Waals surface area contributed by atoms with Crippen molar-refractivity contribution in [3.8, 4) is 11.8 Å². The molecule has 0 amide bonds. The van der Waals surface area contributed by atoms with Crippen LogP contribution in [0.5, 0.6) is 5.75 Å². The Bertz CT molecular complexity index is 351. The Labute approximate surface area is 89.2 Å². The minimum Gasteiger partial charge on any atom is -0.497 e. The second-order valence-electron chi connectivity index (χ2n) is 2.85. The minimum atomic E-state index is 0.458. The first-order valence-corrected chi connectivity index (χ1v) is 4.63. The number of nitrogens with one attached hydrogen (secondary N) is 1. The van der Waals surface area contributed by atoms with Crippen LogP contribution < -0.4 is 10.2 Å². The molecule has 0 aliphatic rings. The summed E-state index contributed by atoms with van der Waals surface area (Å²) in [4.78, 5) is 0. The molecule has 0 unspecified atom stereocenters. The number of hydrogen-bond donors (Lipinski definition) is 1. The topological polar surface area (TPSA) is 57.4 Å². The molecule has 0 saturated heterocycles. The lowest BCUT2D eigenvalue weighted by atomic mass is 10.2. The fraction of sp³-hybridized carbons (Fsp3) is 0.273. The van der Waals surface area contributed by atoms with Gasteiger partial charge in [0.15, 0.2) is 0 Å². The second kappa shape index (κ2) is 6.44. The van der Waals surface area contributed by atoms with E-state index in [0.29, 0.717) is 13.0 Å². The average molecular weight is 203 g/mol. The Morgan fingerprint density at radius 2 is 2.20 bits per heavy atom. The zero-order chi connectivity index (χ0) is 10.9. The highest BCUT2D eigenvalue weighted by Gasteiger charge is 1.89. The van der Waals surface area contributed by atoms with Gasteiger partial charge in [-0.3, -0.25) is 0 Å². The van der Waals surface area contributed by atoms with E-state index in [1.807, 2.05) is 30.3 Å². The number of hydrogen-bond acceptors (Lipinski definition) is 4. The highest BCUT2D eigenvalue weighted by atomic mass is 16.5. The number of ether oxygens (including phenoxy) is 1. The van der Waals surface area contributed by atoms with Crippen LogP contribution in [0.3, 0.4) is 0 Å². The lowest BCUT2D eigenvalue weighted by Gasteiger charge is -1.99. The van der Waals surface area contributed by atoms with Crippen LogP contribution in [-0.4, -0.2) is 19.9 Å². The summed E-state index contributed by atoms with van der Waals surface area (Å²) < 4.78 is 5.03. The molecule has 4 heteroatoms. The van der Waals surface area contributed by atoms with E-state index in [4.69, 9.17) is 10.00 Å². The summed E-state index contributed by atoms with van der Waals surface area (Å²) in [5.74, 6) is 0.824. The number of methoxy groups -OCH3 is 1. The molecule has 0 radical (unpaired) electrons.